The number of carbonyl (C=O) groups is 1. The van der Waals surface area contributed by atoms with Gasteiger partial charge < -0.3 is 10.0 Å². The second-order valence-corrected chi connectivity index (χ2v) is 5.46. The van der Waals surface area contributed by atoms with Crippen LogP contribution in [-0.2, 0) is 0 Å². The van der Waals surface area contributed by atoms with Crippen molar-refractivity contribution >= 4 is 5.91 Å². The molecule has 0 radical (unpaired) electrons. The van der Waals surface area contributed by atoms with Crippen LogP contribution in [0.1, 0.15) is 34.1 Å². The second-order valence-electron chi connectivity index (χ2n) is 5.46. The zero-order chi connectivity index (χ0) is 16.4. The number of hydrogen-bond donors (Lipinski definition) is 1. The van der Waals surface area contributed by atoms with Gasteiger partial charge in [0.25, 0.3) is 5.91 Å². The highest BCUT2D eigenvalue weighted by Gasteiger charge is 2.36. The predicted octanol–water partition coefficient (Wildman–Crippen LogP) is 2.04. The van der Waals surface area contributed by atoms with Gasteiger partial charge >= 0.3 is 0 Å². The number of β-amino-alcohol motifs (C(OH)–C–C–N with tert-alkyl or cyclic N) is 1. The number of aromatic nitrogens is 1. The average molecular weight is 311 g/mol. The number of halogens is 1. The smallest absolute Gasteiger partial charge is 0.273 e. The van der Waals surface area contributed by atoms with E-state index in [1.807, 2.05) is 6.07 Å². The summed E-state index contributed by atoms with van der Waals surface area (Å²) in [6.07, 6.45) is 1.15. The van der Waals surface area contributed by atoms with E-state index in [9.17, 15) is 14.3 Å². The van der Waals surface area contributed by atoms with Crippen molar-refractivity contribution in [3.05, 3.63) is 65.2 Å². The molecule has 5 nitrogen and oxygen atoms in total. The zero-order valence-corrected chi connectivity index (χ0v) is 12.2. The minimum Gasteiger partial charge on any atom is -0.391 e. The summed E-state index contributed by atoms with van der Waals surface area (Å²) in [7, 11) is 0. The first-order chi connectivity index (χ1) is 11.1. The van der Waals surface area contributed by atoms with Crippen LogP contribution in [0.5, 0.6) is 0 Å². The van der Waals surface area contributed by atoms with E-state index in [0.29, 0.717) is 12.0 Å². The van der Waals surface area contributed by atoms with Crippen molar-refractivity contribution in [2.45, 2.75) is 18.6 Å². The maximum atomic E-state index is 13.1. The molecule has 1 amide bonds. The number of carbonyl (C=O) groups excluding carboxylic acids is 1. The molecule has 3 rings (SSSR count). The molecule has 1 aliphatic heterocycles. The molecule has 0 aliphatic carbocycles. The highest BCUT2D eigenvalue weighted by atomic mass is 19.1. The van der Waals surface area contributed by atoms with E-state index in [1.165, 1.54) is 35.4 Å². The van der Waals surface area contributed by atoms with Crippen LogP contribution in [-0.4, -0.2) is 33.5 Å². The van der Waals surface area contributed by atoms with Crippen molar-refractivity contribution < 1.29 is 14.3 Å². The first-order valence-corrected chi connectivity index (χ1v) is 7.19. The summed E-state index contributed by atoms with van der Waals surface area (Å²) in [5, 5.41) is 18.9. The summed E-state index contributed by atoms with van der Waals surface area (Å²) in [6.45, 7) is 0.180. The van der Waals surface area contributed by atoms with Gasteiger partial charge in [0.2, 0.25) is 0 Å². The van der Waals surface area contributed by atoms with Crippen molar-refractivity contribution in [1.29, 1.82) is 5.26 Å². The van der Waals surface area contributed by atoms with E-state index >= 15 is 0 Å². The molecule has 1 N–H and O–H groups in total. The largest absolute Gasteiger partial charge is 0.391 e. The van der Waals surface area contributed by atoms with Gasteiger partial charge in [0.1, 0.15) is 11.5 Å². The third-order valence-electron chi connectivity index (χ3n) is 3.90. The topological polar surface area (TPSA) is 77.2 Å². The van der Waals surface area contributed by atoms with Crippen molar-refractivity contribution in [1.82, 2.24) is 9.88 Å². The Hall–Kier alpha value is -2.78. The summed E-state index contributed by atoms with van der Waals surface area (Å²) in [6, 6.07) is 10.5. The Kier molecular flexibility index (Phi) is 4.04. The van der Waals surface area contributed by atoms with Gasteiger partial charge in [-0.2, -0.15) is 5.26 Å². The van der Waals surface area contributed by atoms with E-state index in [1.54, 1.807) is 12.1 Å². The quantitative estimate of drug-likeness (QED) is 0.920. The van der Waals surface area contributed by atoms with E-state index in [4.69, 9.17) is 5.26 Å². The Morgan fingerprint density at radius 3 is 2.78 bits per heavy atom. The van der Waals surface area contributed by atoms with Gasteiger partial charge in [-0.3, -0.25) is 9.78 Å². The summed E-state index contributed by atoms with van der Waals surface area (Å²) in [5.74, 6) is -0.707. The number of likely N-dealkylation sites (tertiary alicyclic amines) is 1. The van der Waals surface area contributed by atoms with Crippen LogP contribution in [0.4, 0.5) is 4.39 Å². The fourth-order valence-electron chi connectivity index (χ4n) is 2.80. The SMILES string of the molecule is N#Cc1ccnc(C(=O)N2C[C@@H](O)C[C@H]2c2ccc(F)cc2)c1. The molecule has 2 atom stereocenters. The molecule has 1 aliphatic rings. The number of benzene rings is 1. The number of amides is 1. The maximum Gasteiger partial charge on any atom is 0.273 e. The third kappa shape index (κ3) is 3.05. The van der Waals surface area contributed by atoms with Crippen LogP contribution in [0.3, 0.4) is 0 Å². The first kappa shape index (κ1) is 15.1. The Morgan fingerprint density at radius 1 is 1.35 bits per heavy atom. The Bertz CT molecular complexity index is 770. The molecular weight excluding hydrogens is 297 g/mol. The summed E-state index contributed by atoms with van der Waals surface area (Å²) >= 11 is 0. The molecule has 1 saturated heterocycles. The van der Waals surface area contributed by atoms with E-state index < -0.39 is 6.10 Å². The Balaban J connectivity index is 1.91. The lowest BCUT2D eigenvalue weighted by Crippen LogP contribution is -2.32. The fraction of sp³-hybridized carbons (Fsp3) is 0.235. The molecule has 23 heavy (non-hydrogen) atoms. The number of nitrogens with zero attached hydrogens (tertiary/aromatic N) is 3. The molecular formula is C17H14FN3O2. The zero-order valence-electron chi connectivity index (χ0n) is 12.2. The lowest BCUT2D eigenvalue weighted by molar-refractivity contribution is 0.0710. The summed E-state index contributed by atoms with van der Waals surface area (Å²) < 4.78 is 13.1. The molecule has 0 spiro atoms. The predicted molar refractivity (Wildman–Crippen MR) is 79.8 cm³/mol. The van der Waals surface area contributed by atoms with Gasteiger partial charge in [-0.05, 0) is 36.2 Å². The molecule has 0 saturated carbocycles. The standard InChI is InChI=1S/C17H14FN3O2/c18-13-3-1-12(2-4-13)16-8-14(22)10-21(16)17(23)15-7-11(9-19)5-6-20-15/h1-7,14,16,22H,8,10H2/t14-,16-/m0/s1. The lowest BCUT2D eigenvalue weighted by atomic mass is 10.0. The molecule has 2 aromatic rings. The third-order valence-corrected chi connectivity index (χ3v) is 3.90. The van der Waals surface area contributed by atoms with Gasteiger partial charge in [0.15, 0.2) is 0 Å². The summed E-state index contributed by atoms with van der Waals surface area (Å²) in [5.41, 5.74) is 1.26. The fourth-order valence-corrected chi connectivity index (χ4v) is 2.80. The highest BCUT2D eigenvalue weighted by molar-refractivity contribution is 5.93. The van der Waals surface area contributed by atoms with Crippen molar-refractivity contribution in [3.63, 3.8) is 0 Å². The van der Waals surface area contributed by atoms with Gasteiger partial charge in [-0.25, -0.2) is 4.39 Å². The first-order valence-electron chi connectivity index (χ1n) is 7.19. The Labute approximate surface area is 132 Å². The van der Waals surface area contributed by atoms with Gasteiger partial charge in [0, 0.05) is 12.7 Å². The van der Waals surface area contributed by atoms with Crippen molar-refractivity contribution in [2.24, 2.45) is 0 Å². The minimum absolute atomic E-state index is 0.158. The van der Waals surface area contributed by atoms with Crippen molar-refractivity contribution in [2.75, 3.05) is 6.54 Å². The molecule has 0 unspecified atom stereocenters. The number of rotatable bonds is 2. The number of nitriles is 1. The van der Waals surface area contributed by atoms with Gasteiger partial charge in [0.05, 0.1) is 23.8 Å². The molecule has 116 valence electrons. The molecule has 6 heteroatoms. The summed E-state index contributed by atoms with van der Waals surface area (Å²) in [4.78, 5) is 18.2. The molecule has 2 heterocycles. The number of aliphatic hydroxyl groups excluding tert-OH is 1. The molecule has 1 aromatic carbocycles. The lowest BCUT2D eigenvalue weighted by Gasteiger charge is -2.24. The Morgan fingerprint density at radius 2 is 2.09 bits per heavy atom. The maximum absolute atomic E-state index is 13.1. The van der Waals surface area contributed by atoms with Crippen LogP contribution in [0.25, 0.3) is 0 Å². The van der Waals surface area contributed by atoms with E-state index in [-0.39, 0.29) is 30.0 Å². The van der Waals surface area contributed by atoms with Crippen LogP contribution in [0, 0.1) is 17.1 Å². The van der Waals surface area contributed by atoms with Gasteiger partial charge in [-0.15, -0.1) is 0 Å². The second kappa shape index (κ2) is 6.15. The molecule has 0 bridgehead atoms. The van der Waals surface area contributed by atoms with E-state index in [2.05, 4.69) is 4.98 Å². The van der Waals surface area contributed by atoms with Crippen LogP contribution in [0.15, 0.2) is 42.6 Å². The number of aliphatic hydroxyl groups is 1. The van der Waals surface area contributed by atoms with Crippen LogP contribution >= 0.6 is 0 Å². The normalized spacial score (nSPS) is 20.3. The highest BCUT2D eigenvalue weighted by Crippen LogP contribution is 2.33. The average Bonchev–Trinajstić information content (AvgIpc) is 2.96. The van der Waals surface area contributed by atoms with Crippen LogP contribution < -0.4 is 0 Å². The van der Waals surface area contributed by atoms with Crippen LogP contribution in [0.2, 0.25) is 0 Å². The monoisotopic (exact) mass is 311 g/mol. The number of pyridine rings is 1. The van der Waals surface area contributed by atoms with E-state index in [0.717, 1.165) is 5.56 Å². The number of hydrogen-bond acceptors (Lipinski definition) is 4. The van der Waals surface area contributed by atoms with Crippen molar-refractivity contribution in [3.8, 4) is 6.07 Å². The molecule has 1 aromatic heterocycles. The molecule has 1 fully saturated rings. The van der Waals surface area contributed by atoms with Gasteiger partial charge in [-0.1, -0.05) is 12.1 Å². The minimum atomic E-state index is -0.645.